The molecule has 0 radical (unpaired) electrons. The monoisotopic (exact) mass is 325 g/mol. The van der Waals surface area contributed by atoms with Crippen LogP contribution in [0.5, 0.6) is 17.2 Å². The Morgan fingerprint density at radius 1 is 1.21 bits per heavy atom. The van der Waals surface area contributed by atoms with Crippen molar-refractivity contribution in [3.05, 3.63) is 30.3 Å². The van der Waals surface area contributed by atoms with Crippen LogP contribution < -0.4 is 19.9 Å². The molecule has 1 aliphatic rings. The Balaban J connectivity index is 1.66. The summed E-state index contributed by atoms with van der Waals surface area (Å²) in [5, 5.41) is 0. The number of H-pyrrole nitrogens is 1. The van der Waals surface area contributed by atoms with Crippen molar-refractivity contribution in [2.24, 2.45) is 5.92 Å². The maximum absolute atomic E-state index is 6.11. The molecule has 0 bridgehead atoms. The third-order valence-electron chi connectivity index (χ3n) is 3.83. The highest BCUT2D eigenvalue weighted by molar-refractivity contribution is 5.83. The molecule has 0 amide bonds. The van der Waals surface area contributed by atoms with Gasteiger partial charge in [-0.2, -0.15) is 0 Å². The normalized spacial score (nSPS) is 13.0. The smallest absolute Gasteiger partial charge is 0.231 e. The highest BCUT2D eigenvalue weighted by Gasteiger charge is 2.17. The number of fused-ring (bicyclic) bond motifs is 2. The van der Waals surface area contributed by atoms with Gasteiger partial charge in [0.1, 0.15) is 11.6 Å². The summed E-state index contributed by atoms with van der Waals surface area (Å²) in [5.41, 5.74) is 9.34. The lowest BCUT2D eigenvalue weighted by Gasteiger charge is -2.11. The molecule has 1 aliphatic heterocycles. The number of aromatic amines is 1. The number of nitrogens with one attached hydrogen (secondary N) is 1. The van der Waals surface area contributed by atoms with Crippen LogP contribution in [0, 0.1) is 5.92 Å². The number of benzene rings is 2. The maximum atomic E-state index is 6.11. The Bertz CT molecular complexity index is 861. The molecular weight excluding hydrogens is 306 g/mol. The summed E-state index contributed by atoms with van der Waals surface area (Å²) >= 11 is 0. The van der Waals surface area contributed by atoms with Crippen molar-refractivity contribution in [2.75, 3.05) is 19.1 Å². The SMILES string of the molecule is CC(C)COc1ccc(-c2nc3cc4c(cc3[nH]2)OCO4)cc1N. The fraction of sp³-hybridized carbons (Fsp3) is 0.278. The zero-order valence-corrected chi connectivity index (χ0v) is 13.6. The maximum Gasteiger partial charge on any atom is 0.231 e. The summed E-state index contributed by atoms with van der Waals surface area (Å²) in [4.78, 5) is 7.91. The molecule has 2 heterocycles. The Hall–Kier alpha value is -2.89. The van der Waals surface area contributed by atoms with Gasteiger partial charge in [0, 0.05) is 17.7 Å². The van der Waals surface area contributed by atoms with Gasteiger partial charge < -0.3 is 24.9 Å². The Morgan fingerprint density at radius 3 is 2.75 bits per heavy atom. The van der Waals surface area contributed by atoms with E-state index in [-0.39, 0.29) is 6.79 Å². The van der Waals surface area contributed by atoms with E-state index in [0.29, 0.717) is 24.0 Å². The van der Waals surface area contributed by atoms with Gasteiger partial charge in [0.15, 0.2) is 11.5 Å². The summed E-state index contributed by atoms with van der Waals surface area (Å²) < 4.78 is 16.5. The number of nitrogen functional groups attached to an aromatic ring is 1. The lowest BCUT2D eigenvalue weighted by Crippen LogP contribution is -2.06. The number of aromatic nitrogens is 2. The molecule has 0 saturated heterocycles. The molecule has 4 rings (SSSR count). The van der Waals surface area contributed by atoms with Gasteiger partial charge in [-0.05, 0) is 24.1 Å². The first-order valence-electron chi connectivity index (χ1n) is 7.92. The summed E-state index contributed by atoms with van der Waals surface area (Å²) in [6.07, 6.45) is 0. The fourth-order valence-corrected chi connectivity index (χ4v) is 2.62. The van der Waals surface area contributed by atoms with Crippen LogP contribution in [0.15, 0.2) is 30.3 Å². The first-order valence-corrected chi connectivity index (χ1v) is 7.92. The number of hydrogen-bond acceptors (Lipinski definition) is 5. The molecule has 3 aromatic rings. The van der Waals surface area contributed by atoms with Crippen LogP contribution in [0.4, 0.5) is 5.69 Å². The predicted octanol–water partition coefficient (Wildman–Crippen LogP) is 3.58. The minimum atomic E-state index is 0.253. The second-order valence-electron chi connectivity index (χ2n) is 6.27. The molecule has 0 unspecified atom stereocenters. The number of nitrogens with zero attached hydrogens (tertiary/aromatic N) is 1. The lowest BCUT2D eigenvalue weighted by atomic mass is 10.2. The van der Waals surface area contributed by atoms with Crippen molar-refractivity contribution in [1.29, 1.82) is 0 Å². The van der Waals surface area contributed by atoms with Crippen LogP contribution in [-0.4, -0.2) is 23.4 Å². The molecule has 1 aromatic heterocycles. The van der Waals surface area contributed by atoms with E-state index in [1.165, 1.54) is 0 Å². The molecule has 0 aliphatic carbocycles. The van der Waals surface area contributed by atoms with E-state index in [1.54, 1.807) is 0 Å². The van der Waals surface area contributed by atoms with Crippen molar-refractivity contribution in [2.45, 2.75) is 13.8 Å². The average molecular weight is 325 g/mol. The summed E-state index contributed by atoms with van der Waals surface area (Å²) in [7, 11) is 0. The van der Waals surface area contributed by atoms with Gasteiger partial charge in [-0.1, -0.05) is 13.8 Å². The summed E-state index contributed by atoms with van der Waals surface area (Å²) in [5.74, 6) is 3.35. The minimum absolute atomic E-state index is 0.253. The van der Waals surface area contributed by atoms with E-state index in [4.69, 9.17) is 19.9 Å². The van der Waals surface area contributed by atoms with Crippen LogP contribution >= 0.6 is 0 Å². The Labute approximate surface area is 139 Å². The first kappa shape index (κ1) is 14.7. The van der Waals surface area contributed by atoms with Crippen molar-refractivity contribution in [3.63, 3.8) is 0 Å². The summed E-state index contributed by atoms with van der Waals surface area (Å²) in [6, 6.07) is 9.48. The largest absolute Gasteiger partial charge is 0.491 e. The average Bonchev–Trinajstić information content (AvgIpc) is 3.16. The third kappa shape index (κ3) is 2.60. The highest BCUT2D eigenvalue weighted by Crippen LogP contribution is 2.36. The molecule has 124 valence electrons. The topological polar surface area (TPSA) is 82.4 Å². The summed E-state index contributed by atoms with van der Waals surface area (Å²) in [6.45, 7) is 5.09. The van der Waals surface area contributed by atoms with E-state index in [2.05, 4.69) is 23.8 Å². The van der Waals surface area contributed by atoms with Gasteiger partial charge in [-0.3, -0.25) is 0 Å². The van der Waals surface area contributed by atoms with Crippen molar-refractivity contribution >= 4 is 16.7 Å². The molecule has 2 aromatic carbocycles. The van der Waals surface area contributed by atoms with E-state index in [1.807, 2.05) is 30.3 Å². The minimum Gasteiger partial charge on any atom is -0.491 e. The van der Waals surface area contributed by atoms with Crippen LogP contribution in [0.2, 0.25) is 0 Å². The molecule has 6 nitrogen and oxygen atoms in total. The standard InChI is InChI=1S/C18H19N3O3/c1-10(2)8-22-15-4-3-11(5-12(15)19)18-20-13-6-16-17(24-9-23-16)7-14(13)21-18/h3-7,10H,8-9,19H2,1-2H3,(H,20,21). The molecule has 0 spiro atoms. The number of nitrogens with two attached hydrogens (primary N) is 1. The van der Waals surface area contributed by atoms with E-state index in [0.717, 1.165) is 33.9 Å². The molecule has 0 fully saturated rings. The van der Waals surface area contributed by atoms with Crippen LogP contribution in [0.1, 0.15) is 13.8 Å². The van der Waals surface area contributed by atoms with E-state index >= 15 is 0 Å². The molecule has 0 atom stereocenters. The molecule has 3 N–H and O–H groups in total. The fourth-order valence-electron chi connectivity index (χ4n) is 2.62. The van der Waals surface area contributed by atoms with E-state index in [9.17, 15) is 0 Å². The van der Waals surface area contributed by atoms with Crippen molar-refractivity contribution < 1.29 is 14.2 Å². The van der Waals surface area contributed by atoms with Gasteiger partial charge in [0.25, 0.3) is 0 Å². The number of rotatable bonds is 4. The zero-order chi connectivity index (χ0) is 16.7. The van der Waals surface area contributed by atoms with Gasteiger partial charge >= 0.3 is 0 Å². The van der Waals surface area contributed by atoms with Crippen molar-refractivity contribution in [1.82, 2.24) is 9.97 Å². The molecule has 6 heteroatoms. The highest BCUT2D eigenvalue weighted by atomic mass is 16.7. The Kier molecular flexibility index (Phi) is 3.45. The molecule has 0 saturated carbocycles. The lowest BCUT2D eigenvalue weighted by molar-refractivity contribution is 0.174. The quantitative estimate of drug-likeness (QED) is 0.717. The van der Waals surface area contributed by atoms with Crippen LogP contribution in [-0.2, 0) is 0 Å². The zero-order valence-electron chi connectivity index (χ0n) is 13.6. The van der Waals surface area contributed by atoms with Crippen LogP contribution in [0.25, 0.3) is 22.4 Å². The number of ether oxygens (including phenoxy) is 3. The Morgan fingerprint density at radius 2 is 2.00 bits per heavy atom. The number of imidazole rings is 1. The molecule has 24 heavy (non-hydrogen) atoms. The van der Waals surface area contributed by atoms with Gasteiger partial charge in [-0.15, -0.1) is 0 Å². The third-order valence-corrected chi connectivity index (χ3v) is 3.83. The van der Waals surface area contributed by atoms with E-state index < -0.39 is 0 Å². The van der Waals surface area contributed by atoms with Gasteiger partial charge in [0.05, 0.1) is 23.3 Å². The van der Waals surface area contributed by atoms with Crippen LogP contribution in [0.3, 0.4) is 0 Å². The van der Waals surface area contributed by atoms with Crippen molar-refractivity contribution in [3.8, 4) is 28.6 Å². The number of anilines is 1. The van der Waals surface area contributed by atoms with Gasteiger partial charge in [-0.25, -0.2) is 4.98 Å². The second-order valence-corrected chi connectivity index (χ2v) is 6.27. The first-order chi connectivity index (χ1) is 11.6. The van der Waals surface area contributed by atoms with Gasteiger partial charge in [0.2, 0.25) is 6.79 Å². The molecular formula is C18H19N3O3. The predicted molar refractivity (Wildman–Crippen MR) is 92.4 cm³/mol. The second kappa shape index (κ2) is 5.63. The number of hydrogen-bond donors (Lipinski definition) is 2.